The van der Waals surface area contributed by atoms with Gasteiger partial charge in [-0.2, -0.15) is 0 Å². The van der Waals surface area contributed by atoms with Crippen LogP contribution in [-0.2, 0) is 16.4 Å². The molecule has 1 heterocycles. The van der Waals surface area contributed by atoms with Gasteiger partial charge in [-0.05, 0) is 54.4 Å². The van der Waals surface area contributed by atoms with Gasteiger partial charge in [0.2, 0.25) is 0 Å². The molecule has 3 aromatic carbocycles. The van der Waals surface area contributed by atoms with Crippen molar-refractivity contribution in [3.63, 3.8) is 0 Å². The van der Waals surface area contributed by atoms with Crippen molar-refractivity contribution >= 4 is 50.5 Å². The van der Waals surface area contributed by atoms with Crippen LogP contribution in [0.15, 0.2) is 65.6 Å². The lowest BCUT2D eigenvalue weighted by Crippen LogP contribution is -2.29. The average molecular weight is 465 g/mol. The number of hydrogen-bond acceptors (Lipinski definition) is 3. The molecule has 3 aromatic rings. The summed E-state index contributed by atoms with van der Waals surface area (Å²) in [7, 11) is -3.97. The zero-order valence-electron chi connectivity index (χ0n) is 15.4. The molecule has 1 aliphatic rings. The second kappa shape index (κ2) is 7.91. The van der Waals surface area contributed by atoms with Gasteiger partial charge in [0, 0.05) is 11.6 Å². The molecule has 0 spiro atoms. The summed E-state index contributed by atoms with van der Waals surface area (Å²) >= 11 is 11.9. The number of benzene rings is 3. The van der Waals surface area contributed by atoms with Crippen molar-refractivity contribution < 1.29 is 17.6 Å². The summed E-state index contributed by atoms with van der Waals surface area (Å²) in [6.07, 6.45) is 0.582. The third kappa shape index (κ3) is 3.76. The van der Waals surface area contributed by atoms with Crippen LogP contribution >= 0.6 is 23.2 Å². The lowest BCUT2D eigenvalue weighted by Gasteiger charge is -2.20. The molecule has 0 radical (unpaired) electrons. The first-order chi connectivity index (χ1) is 14.3. The maximum Gasteiger partial charge on any atom is 0.264 e. The van der Waals surface area contributed by atoms with E-state index in [1.165, 1.54) is 22.5 Å². The second-order valence-electron chi connectivity index (χ2n) is 6.68. The van der Waals surface area contributed by atoms with Crippen molar-refractivity contribution in [2.24, 2.45) is 0 Å². The van der Waals surface area contributed by atoms with Gasteiger partial charge in [0.15, 0.2) is 0 Å². The SMILES string of the molecule is O=C(Nc1ccc(Cl)cc1Cl)c1cc(S(=O)(=O)N2CCc3ccccc32)ccc1F. The zero-order valence-corrected chi connectivity index (χ0v) is 17.7. The normalized spacial score (nSPS) is 13.2. The van der Waals surface area contributed by atoms with E-state index in [1.54, 1.807) is 12.1 Å². The number of hydrogen-bond donors (Lipinski definition) is 1. The number of carbonyl (C=O) groups is 1. The molecule has 0 fully saturated rings. The first-order valence-corrected chi connectivity index (χ1v) is 11.1. The maximum atomic E-state index is 14.4. The molecule has 0 bridgehead atoms. The minimum Gasteiger partial charge on any atom is -0.321 e. The Bertz CT molecular complexity index is 1260. The third-order valence-corrected chi connectivity index (χ3v) is 7.15. The quantitative estimate of drug-likeness (QED) is 0.581. The molecule has 0 saturated heterocycles. The fourth-order valence-corrected chi connectivity index (χ4v) is 5.29. The van der Waals surface area contributed by atoms with E-state index in [2.05, 4.69) is 5.32 Å². The first kappa shape index (κ1) is 20.7. The number of nitrogens with zero attached hydrogens (tertiary/aromatic N) is 1. The van der Waals surface area contributed by atoms with Gasteiger partial charge in [-0.25, -0.2) is 12.8 Å². The molecule has 30 heavy (non-hydrogen) atoms. The van der Waals surface area contributed by atoms with Crippen LogP contribution in [0.1, 0.15) is 15.9 Å². The monoisotopic (exact) mass is 464 g/mol. The Labute approximate surface area is 183 Å². The molecule has 1 aliphatic heterocycles. The fourth-order valence-electron chi connectivity index (χ4n) is 3.30. The number of anilines is 2. The number of sulfonamides is 1. The van der Waals surface area contributed by atoms with Crippen LogP contribution in [0.3, 0.4) is 0 Å². The minimum atomic E-state index is -3.97. The Hall–Kier alpha value is -2.61. The lowest BCUT2D eigenvalue weighted by atomic mass is 10.2. The molecule has 0 aliphatic carbocycles. The first-order valence-electron chi connectivity index (χ1n) is 8.94. The van der Waals surface area contributed by atoms with Crippen molar-refractivity contribution in [1.82, 2.24) is 0 Å². The highest BCUT2D eigenvalue weighted by Gasteiger charge is 2.31. The molecular formula is C21H15Cl2FN2O3S. The number of halogens is 3. The fraction of sp³-hybridized carbons (Fsp3) is 0.0952. The van der Waals surface area contributed by atoms with Crippen LogP contribution in [0.2, 0.25) is 10.0 Å². The van der Waals surface area contributed by atoms with Gasteiger partial charge in [0.1, 0.15) is 5.82 Å². The number of fused-ring (bicyclic) bond motifs is 1. The Morgan fingerprint density at radius 2 is 1.80 bits per heavy atom. The van der Waals surface area contributed by atoms with E-state index in [0.717, 1.165) is 23.8 Å². The topological polar surface area (TPSA) is 66.5 Å². The Balaban J connectivity index is 1.67. The molecular weight excluding hydrogens is 450 g/mol. The summed E-state index contributed by atoms with van der Waals surface area (Å²) in [6, 6.07) is 14.8. The van der Waals surface area contributed by atoms with E-state index < -0.39 is 27.3 Å². The number of carbonyl (C=O) groups excluding carboxylic acids is 1. The largest absolute Gasteiger partial charge is 0.321 e. The van der Waals surface area contributed by atoms with Gasteiger partial charge >= 0.3 is 0 Å². The van der Waals surface area contributed by atoms with Crippen LogP contribution in [0.25, 0.3) is 0 Å². The van der Waals surface area contributed by atoms with Crippen LogP contribution < -0.4 is 9.62 Å². The van der Waals surface area contributed by atoms with E-state index in [-0.39, 0.29) is 22.2 Å². The van der Waals surface area contributed by atoms with Crippen LogP contribution in [0, 0.1) is 5.82 Å². The molecule has 0 saturated carbocycles. The third-order valence-electron chi connectivity index (χ3n) is 4.79. The maximum absolute atomic E-state index is 14.4. The number of rotatable bonds is 4. The summed E-state index contributed by atoms with van der Waals surface area (Å²) in [4.78, 5) is 12.4. The second-order valence-corrected chi connectivity index (χ2v) is 9.38. The Morgan fingerprint density at radius 3 is 2.57 bits per heavy atom. The number of amides is 1. The number of para-hydroxylation sites is 1. The molecule has 5 nitrogen and oxygen atoms in total. The zero-order chi connectivity index (χ0) is 21.5. The van der Waals surface area contributed by atoms with Crippen molar-refractivity contribution in [2.45, 2.75) is 11.3 Å². The van der Waals surface area contributed by atoms with Gasteiger partial charge in [-0.1, -0.05) is 41.4 Å². The predicted octanol–water partition coefficient (Wildman–Crippen LogP) is 5.14. The summed E-state index contributed by atoms with van der Waals surface area (Å²) in [5, 5.41) is 3.03. The van der Waals surface area contributed by atoms with Crippen LogP contribution in [0.5, 0.6) is 0 Å². The van der Waals surface area contributed by atoms with Crippen molar-refractivity contribution in [3.8, 4) is 0 Å². The van der Waals surface area contributed by atoms with Crippen LogP contribution in [-0.4, -0.2) is 20.9 Å². The van der Waals surface area contributed by atoms with E-state index in [9.17, 15) is 17.6 Å². The predicted molar refractivity (Wildman–Crippen MR) is 115 cm³/mol. The molecule has 1 amide bonds. The molecule has 0 aromatic heterocycles. The summed E-state index contributed by atoms with van der Waals surface area (Å²) < 4.78 is 42.0. The van der Waals surface area contributed by atoms with E-state index in [4.69, 9.17) is 23.2 Å². The van der Waals surface area contributed by atoms with E-state index in [1.807, 2.05) is 12.1 Å². The lowest BCUT2D eigenvalue weighted by molar-refractivity contribution is 0.102. The summed E-state index contributed by atoms with van der Waals surface area (Å²) in [5.41, 5.74) is 1.32. The van der Waals surface area contributed by atoms with Crippen molar-refractivity contribution in [3.05, 3.63) is 87.7 Å². The molecule has 4 rings (SSSR count). The Kier molecular flexibility index (Phi) is 5.44. The van der Waals surface area contributed by atoms with Gasteiger partial charge < -0.3 is 5.32 Å². The van der Waals surface area contributed by atoms with Gasteiger partial charge in [0.25, 0.3) is 15.9 Å². The molecule has 1 N–H and O–H groups in total. The van der Waals surface area contributed by atoms with E-state index >= 15 is 0 Å². The van der Waals surface area contributed by atoms with Gasteiger partial charge in [-0.15, -0.1) is 0 Å². The average Bonchev–Trinajstić information content (AvgIpc) is 3.15. The van der Waals surface area contributed by atoms with Crippen molar-refractivity contribution in [2.75, 3.05) is 16.2 Å². The smallest absolute Gasteiger partial charge is 0.264 e. The summed E-state index contributed by atoms with van der Waals surface area (Å²) in [5.74, 6) is -1.67. The Morgan fingerprint density at radius 1 is 1.03 bits per heavy atom. The highest BCUT2D eigenvalue weighted by molar-refractivity contribution is 7.92. The highest BCUT2D eigenvalue weighted by atomic mass is 35.5. The number of nitrogens with one attached hydrogen (secondary N) is 1. The standard InChI is InChI=1S/C21H15Cl2FN2O3S/c22-14-5-8-19(17(23)11-14)25-21(27)16-12-15(6-7-18(16)24)30(28,29)26-10-9-13-3-1-2-4-20(13)26/h1-8,11-12H,9-10H2,(H,25,27). The molecule has 9 heteroatoms. The molecule has 0 atom stereocenters. The van der Waals surface area contributed by atoms with Crippen molar-refractivity contribution in [1.29, 1.82) is 0 Å². The minimum absolute atomic E-state index is 0.173. The van der Waals surface area contributed by atoms with Gasteiger partial charge in [0.05, 0.1) is 26.9 Å². The summed E-state index contributed by atoms with van der Waals surface area (Å²) in [6.45, 7) is 0.279. The van der Waals surface area contributed by atoms with Crippen LogP contribution in [0.4, 0.5) is 15.8 Å². The van der Waals surface area contributed by atoms with E-state index in [0.29, 0.717) is 17.1 Å². The highest BCUT2D eigenvalue weighted by Crippen LogP contribution is 2.33. The van der Waals surface area contributed by atoms with Gasteiger partial charge in [-0.3, -0.25) is 9.10 Å². The molecule has 0 unspecified atom stereocenters. The molecule has 154 valence electrons.